The van der Waals surface area contributed by atoms with Crippen LogP contribution in [0, 0.1) is 0 Å². The van der Waals surface area contributed by atoms with Gasteiger partial charge in [0.25, 0.3) is 0 Å². The maximum Gasteiger partial charge on any atom is 0.387 e. The lowest BCUT2D eigenvalue weighted by molar-refractivity contribution is -0.113. The lowest BCUT2D eigenvalue weighted by atomic mass is 10.3. The lowest BCUT2D eigenvalue weighted by Gasteiger charge is -2.10. The number of carbonyl (C=O) groups excluding carboxylic acids is 1. The van der Waals surface area contributed by atoms with Gasteiger partial charge in [0.1, 0.15) is 11.5 Å². The van der Waals surface area contributed by atoms with Gasteiger partial charge < -0.3 is 14.8 Å². The zero-order chi connectivity index (χ0) is 20.8. The molecule has 0 unspecified atom stereocenters. The maximum absolute atomic E-state index is 12.3. The van der Waals surface area contributed by atoms with Gasteiger partial charge in [0.2, 0.25) is 5.91 Å². The van der Waals surface area contributed by atoms with Crippen molar-refractivity contribution >= 4 is 35.0 Å². The highest BCUT2D eigenvalue weighted by molar-refractivity contribution is 7.99. The fourth-order valence-corrected chi connectivity index (χ4v) is 3.43. The number of nitrogens with zero attached hydrogens (tertiary/aromatic N) is 2. The van der Waals surface area contributed by atoms with E-state index in [9.17, 15) is 13.6 Å². The van der Waals surface area contributed by atoms with E-state index >= 15 is 0 Å². The second-order valence-electron chi connectivity index (χ2n) is 5.64. The third kappa shape index (κ3) is 5.61. The van der Waals surface area contributed by atoms with E-state index in [1.807, 2.05) is 28.8 Å². The van der Waals surface area contributed by atoms with Crippen LogP contribution < -0.4 is 14.8 Å². The van der Waals surface area contributed by atoms with Crippen molar-refractivity contribution in [1.82, 2.24) is 9.55 Å². The molecule has 0 spiro atoms. The molecule has 0 bridgehead atoms. The third-order valence-corrected chi connectivity index (χ3v) is 4.98. The molecule has 3 aromatic rings. The van der Waals surface area contributed by atoms with Crippen molar-refractivity contribution in [3.8, 4) is 17.2 Å². The van der Waals surface area contributed by atoms with Crippen molar-refractivity contribution in [3.05, 3.63) is 59.9 Å². The van der Waals surface area contributed by atoms with Crippen molar-refractivity contribution in [2.24, 2.45) is 0 Å². The summed E-state index contributed by atoms with van der Waals surface area (Å²) in [5, 5.41) is 3.28. The van der Waals surface area contributed by atoms with Crippen LogP contribution in [0.25, 0.3) is 5.69 Å². The molecule has 0 atom stereocenters. The van der Waals surface area contributed by atoms with Crippen LogP contribution in [-0.4, -0.2) is 34.9 Å². The van der Waals surface area contributed by atoms with Crippen LogP contribution in [0.4, 0.5) is 14.5 Å². The molecule has 0 radical (unpaired) electrons. The standard InChI is InChI=1S/C19H16ClF2N3O3S/c1-27-14-5-3-13(4-6-14)25-9-8-23-19(25)29-11-17(26)24-12-2-7-16(15(20)10-12)28-18(21)22/h2-10,18H,11H2,1H3,(H,24,26). The minimum Gasteiger partial charge on any atom is -0.497 e. The Labute approximate surface area is 174 Å². The van der Waals surface area contributed by atoms with Crippen LogP contribution in [0.15, 0.2) is 60.0 Å². The molecule has 3 rings (SSSR count). The Kier molecular flexibility index (Phi) is 6.95. The molecule has 1 N–H and O–H groups in total. The molecule has 152 valence electrons. The van der Waals surface area contributed by atoms with Crippen molar-refractivity contribution in [2.45, 2.75) is 11.8 Å². The van der Waals surface area contributed by atoms with E-state index in [-0.39, 0.29) is 22.4 Å². The van der Waals surface area contributed by atoms with E-state index in [1.165, 1.54) is 30.0 Å². The number of hydrogen-bond donors (Lipinski definition) is 1. The number of aromatic nitrogens is 2. The number of thioether (sulfide) groups is 1. The van der Waals surface area contributed by atoms with E-state index in [2.05, 4.69) is 15.0 Å². The molecule has 6 nitrogen and oxygen atoms in total. The van der Waals surface area contributed by atoms with Gasteiger partial charge in [0, 0.05) is 23.8 Å². The number of amides is 1. The average molecular weight is 440 g/mol. The van der Waals surface area contributed by atoms with Gasteiger partial charge >= 0.3 is 6.61 Å². The first-order chi connectivity index (χ1) is 14.0. The van der Waals surface area contributed by atoms with Crippen molar-refractivity contribution in [3.63, 3.8) is 0 Å². The summed E-state index contributed by atoms with van der Waals surface area (Å²) in [5.41, 5.74) is 1.26. The van der Waals surface area contributed by atoms with Crippen LogP contribution >= 0.6 is 23.4 Å². The average Bonchev–Trinajstić information content (AvgIpc) is 3.17. The minimum absolute atomic E-state index is 0.0224. The first-order valence-electron chi connectivity index (χ1n) is 8.31. The lowest BCUT2D eigenvalue weighted by Crippen LogP contribution is -2.14. The molecule has 2 aromatic carbocycles. The van der Waals surface area contributed by atoms with Crippen LogP contribution in [0.1, 0.15) is 0 Å². The van der Waals surface area contributed by atoms with Gasteiger partial charge in [-0.05, 0) is 42.5 Å². The van der Waals surface area contributed by atoms with E-state index < -0.39 is 6.61 Å². The highest BCUT2D eigenvalue weighted by Gasteiger charge is 2.12. The second kappa shape index (κ2) is 9.62. The Hall–Kier alpha value is -2.78. The van der Waals surface area contributed by atoms with Gasteiger partial charge in [-0.2, -0.15) is 8.78 Å². The van der Waals surface area contributed by atoms with E-state index in [0.29, 0.717) is 10.8 Å². The number of rotatable bonds is 8. The van der Waals surface area contributed by atoms with Gasteiger partial charge in [-0.1, -0.05) is 23.4 Å². The summed E-state index contributed by atoms with van der Waals surface area (Å²) in [7, 11) is 1.60. The Morgan fingerprint density at radius 3 is 2.69 bits per heavy atom. The molecular weight excluding hydrogens is 424 g/mol. The zero-order valence-electron chi connectivity index (χ0n) is 15.1. The quantitative estimate of drug-likeness (QED) is 0.507. The largest absolute Gasteiger partial charge is 0.497 e. The highest BCUT2D eigenvalue weighted by atomic mass is 35.5. The topological polar surface area (TPSA) is 65.4 Å². The van der Waals surface area contributed by atoms with Crippen molar-refractivity contribution < 1.29 is 23.0 Å². The van der Waals surface area contributed by atoms with Gasteiger partial charge in [-0.15, -0.1) is 0 Å². The van der Waals surface area contributed by atoms with E-state index in [4.69, 9.17) is 16.3 Å². The van der Waals surface area contributed by atoms with Crippen LogP contribution in [0.2, 0.25) is 5.02 Å². The number of nitrogens with one attached hydrogen (secondary N) is 1. The normalized spacial score (nSPS) is 10.8. The monoisotopic (exact) mass is 439 g/mol. The van der Waals surface area contributed by atoms with E-state index in [1.54, 1.807) is 19.5 Å². The summed E-state index contributed by atoms with van der Waals surface area (Å²) >= 11 is 7.14. The molecule has 0 aliphatic rings. The molecule has 0 aliphatic heterocycles. The maximum atomic E-state index is 12.3. The number of benzene rings is 2. The molecule has 0 fully saturated rings. The molecule has 29 heavy (non-hydrogen) atoms. The Balaban J connectivity index is 1.60. The third-order valence-electron chi connectivity index (χ3n) is 3.72. The minimum atomic E-state index is -2.97. The Morgan fingerprint density at radius 1 is 1.28 bits per heavy atom. The first kappa shape index (κ1) is 20.9. The molecule has 0 saturated heterocycles. The number of anilines is 1. The summed E-state index contributed by atoms with van der Waals surface area (Å²) in [6, 6.07) is 11.5. The van der Waals surface area contributed by atoms with Gasteiger partial charge in [-0.25, -0.2) is 4.98 Å². The zero-order valence-corrected chi connectivity index (χ0v) is 16.7. The smallest absolute Gasteiger partial charge is 0.387 e. The molecular formula is C19H16ClF2N3O3S. The van der Waals surface area contributed by atoms with Crippen LogP contribution in [-0.2, 0) is 4.79 Å². The van der Waals surface area contributed by atoms with Gasteiger partial charge in [0.05, 0.1) is 17.9 Å². The number of methoxy groups -OCH3 is 1. The Bertz CT molecular complexity index is 983. The predicted molar refractivity (Wildman–Crippen MR) is 108 cm³/mol. The summed E-state index contributed by atoms with van der Waals surface area (Å²) in [6.45, 7) is -2.97. The highest BCUT2D eigenvalue weighted by Crippen LogP contribution is 2.29. The number of halogens is 3. The Morgan fingerprint density at radius 2 is 2.03 bits per heavy atom. The number of ether oxygens (including phenoxy) is 2. The molecule has 0 aliphatic carbocycles. The second-order valence-corrected chi connectivity index (χ2v) is 6.99. The summed E-state index contributed by atoms with van der Waals surface area (Å²) in [6.07, 6.45) is 3.44. The summed E-state index contributed by atoms with van der Waals surface area (Å²) in [4.78, 5) is 16.5. The summed E-state index contributed by atoms with van der Waals surface area (Å²) < 4.78 is 35.8. The van der Waals surface area contributed by atoms with Crippen LogP contribution in [0.3, 0.4) is 0 Å². The van der Waals surface area contributed by atoms with Crippen molar-refractivity contribution in [2.75, 3.05) is 18.2 Å². The van der Waals surface area contributed by atoms with Crippen molar-refractivity contribution in [1.29, 1.82) is 0 Å². The number of carbonyl (C=O) groups is 1. The fourth-order valence-electron chi connectivity index (χ4n) is 2.43. The molecule has 10 heteroatoms. The first-order valence-corrected chi connectivity index (χ1v) is 9.67. The molecule has 1 heterocycles. The van der Waals surface area contributed by atoms with Crippen LogP contribution in [0.5, 0.6) is 11.5 Å². The fraction of sp³-hybridized carbons (Fsp3) is 0.158. The van der Waals surface area contributed by atoms with E-state index in [0.717, 1.165) is 11.4 Å². The molecule has 1 amide bonds. The number of imidazole rings is 1. The molecule has 0 saturated carbocycles. The predicted octanol–water partition coefficient (Wildman–Crippen LogP) is 4.87. The van der Waals surface area contributed by atoms with Gasteiger partial charge in [-0.3, -0.25) is 9.36 Å². The summed E-state index contributed by atoms with van der Waals surface area (Å²) in [5.74, 6) is 0.389. The number of hydrogen-bond acceptors (Lipinski definition) is 5. The number of alkyl halides is 2. The molecule has 1 aromatic heterocycles. The SMILES string of the molecule is COc1ccc(-n2ccnc2SCC(=O)Nc2ccc(OC(F)F)c(Cl)c2)cc1. The van der Waals surface area contributed by atoms with Gasteiger partial charge in [0.15, 0.2) is 5.16 Å².